The van der Waals surface area contributed by atoms with E-state index < -0.39 is 0 Å². The minimum absolute atomic E-state index is 0.0720. The number of halogens is 1. The van der Waals surface area contributed by atoms with Gasteiger partial charge in [-0.15, -0.1) is 0 Å². The quantitative estimate of drug-likeness (QED) is 0.842. The van der Waals surface area contributed by atoms with Crippen molar-refractivity contribution in [1.29, 1.82) is 0 Å². The standard InChI is InChI=1S/C16H23ClN2O2/c1-12(2)8-9-19(13(3)20)11-16(21)18-10-14-4-6-15(17)7-5-14/h4-7,12H,8-11H2,1-3H3,(H,18,21). The van der Waals surface area contributed by atoms with E-state index in [1.807, 2.05) is 12.1 Å². The highest BCUT2D eigenvalue weighted by Crippen LogP contribution is 2.09. The molecule has 0 aromatic heterocycles. The van der Waals surface area contributed by atoms with Gasteiger partial charge in [-0.2, -0.15) is 0 Å². The van der Waals surface area contributed by atoms with Crippen LogP contribution in [0.2, 0.25) is 5.02 Å². The molecule has 0 aliphatic rings. The fraction of sp³-hybridized carbons (Fsp3) is 0.500. The van der Waals surface area contributed by atoms with E-state index in [0.29, 0.717) is 24.0 Å². The van der Waals surface area contributed by atoms with Crippen molar-refractivity contribution in [3.8, 4) is 0 Å². The third kappa shape index (κ3) is 7.14. The normalized spacial score (nSPS) is 10.5. The van der Waals surface area contributed by atoms with Gasteiger partial charge in [-0.25, -0.2) is 0 Å². The Kier molecular flexibility index (Phi) is 7.23. The minimum Gasteiger partial charge on any atom is -0.350 e. The first-order valence-electron chi connectivity index (χ1n) is 7.15. The third-order valence-electron chi connectivity index (χ3n) is 3.16. The zero-order chi connectivity index (χ0) is 15.8. The molecule has 0 fully saturated rings. The molecule has 2 amide bonds. The van der Waals surface area contributed by atoms with Gasteiger partial charge < -0.3 is 10.2 Å². The number of carbonyl (C=O) groups excluding carboxylic acids is 2. The molecule has 1 N–H and O–H groups in total. The summed E-state index contributed by atoms with van der Waals surface area (Å²) in [6.45, 7) is 6.84. The number of benzene rings is 1. The molecule has 5 heteroatoms. The first kappa shape index (κ1) is 17.5. The summed E-state index contributed by atoms with van der Waals surface area (Å²) < 4.78 is 0. The summed E-state index contributed by atoms with van der Waals surface area (Å²) in [6, 6.07) is 7.30. The highest BCUT2D eigenvalue weighted by molar-refractivity contribution is 6.30. The van der Waals surface area contributed by atoms with Crippen molar-refractivity contribution in [2.45, 2.75) is 33.7 Å². The molecular formula is C16H23ClN2O2. The highest BCUT2D eigenvalue weighted by atomic mass is 35.5. The maximum Gasteiger partial charge on any atom is 0.239 e. The monoisotopic (exact) mass is 310 g/mol. The van der Waals surface area contributed by atoms with Crippen LogP contribution in [0.25, 0.3) is 0 Å². The predicted molar refractivity (Wildman–Crippen MR) is 85.0 cm³/mol. The average Bonchev–Trinajstić information content (AvgIpc) is 2.42. The molecule has 0 radical (unpaired) electrons. The molecule has 0 aliphatic carbocycles. The molecule has 0 saturated heterocycles. The molecule has 0 aliphatic heterocycles. The van der Waals surface area contributed by atoms with Crippen LogP contribution in [0.15, 0.2) is 24.3 Å². The fourth-order valence-corrected chi connectivity index (χ4v) is 1.92. The van der Waals surface area contributed by atoms with E-state index in [2.05, 4.69) is 19.2 Å². The van der Waals surface area contributed by atoms with Gasteiger partial charge >= 0.3 is 0 Å². The maximum absolute atomic E-state index is 11.9. The molecule has 0 heterocycles. The molecule has 0 saturated carbocycles. The Labute approximate surface area is 131 Å². The van der Waals surface area contributed by atoms with Crippen LogP contribution in [-0.2, 0) is 16.1 Å². The fourth-order valence-electron chi connectivity index (χ4n) is 1.79. The topological polar surface area (TPSA) is 49.4 Å². The van der Waals surface area contributed by atoms with Crippen molar-refractivity contribution in [2.75, 3.05) is 13.1 Å². The van der Waals surface area contributed by atoms with Gasteiger partial charge in [0, 0.05) is 25.0 Å². The van der Waals surface area contributed by atoms with Gasteiger partial charge in [0.1, 0.15) is 0 Å². The SMILES string of the molecule is CC(=O)N(CCC(C)C)CC(=O)NCc1ccc(Cl)cc1. The van der Waals surface area contributed by atoms with Crippen molar-refractivity contribution in [3.05, 3.63) is 34.9 Å². The Bertz CT molecular complexity index is 472. The Balaban J connectivity index is 2.42. The van der Waals surface area contributed by atoms with Gasteiger partial charge in [-0.1, -0.05) is 37.6 Å². The molecule has 21 heavy (non-hydrogen) atoms. The van der Waals surface area contributed by atoms with Crippen molar-refractivity contribution < 1.29 is 9.59 Å². The molecule has 1 aromatic carbocycles. The third-order valence-corrected chi connectivity index (χ3v) is 3.41. The van der Waals surface area contributed by atoms with Gasteiger partial charge in [0.15, 0.2) is 0 Å². The zero-order valence-corrected chi connectivity index (χ0v) is 13.6. The lowest BCUT2D eigenvalue weighted by molar-refractivity contribution is -0.134. The molecule has 4 nitrogen and oxygen atoms in total. The number of rotatable bonds is 7. The lowest BCUT2D eigenvalue weighted by Gasteiger charge is -2.21. The highest BCUT2D eigenvalue weighted by Gasteiger charge is 2.13. The van der Waals surface area contributed by atoms with E-state index in [1.54, 1.807) is 17.0 Å². The molecule has 0 atom stereocenters. The minimum atomic E-state index is -0.149. The van der Waals surface area contributed by atoms with Crippen LogP contribution in [0.4, 0.5) is 0 Å². The van der Waals surface area contributed by atoms with E-state index in [0.717, 1.165) is 12.0 Å². The number of amides is 2. The molecule has 0 bridgehead atoms. The maximum atomic E-state index is 11.9. The van der Waals surface area contributed by atoms with Crippen LogP contribution < -0.4 is 5.32 Å². The first-order chi connectivity index (χ1) is 9.88. The van der Waals surface area contributed by atoms with Gasteiger partial charge in [0.2, 0.25) is 11.8 Å². The summed E-state index contributed by atoms with van der Waals surface area (Å²) >= 11 is 5.81. The zero-order valence-electron chi connectivity index (χ0n) is 12.9. The van der Waals surface area contributed by atoms with Crippen molar-refractivity contribution in [3.63, 3.8) is 0 Å². The second kappa shape index (κ2) is 8.67. The molecule has 1 aromatic rings. The van der Waals surface area contributed by atoms with Crippen molar-refractivity contribution >= 4 is 23.4 Å². The summed E-state index contributed by atoms with van der Waals surface area (Å²) in [5.74, 6) is 0.283. The summed E-state index contributed by atoms with van der Waals surface area (Å²) in [6.07, 6.45) is 0.893. The van der Waals surface area contributed by atoms with Gasteiger partial charge in [0.05, 0.1) is 6.54 Å². The van der Waals surface area contributed by atoms with Crippen LogP contribution in [0.3, 0.4) is 0 Å². The lowest BCUT2D eigenvalue weighted by atomic mass is 10.1. The van der Waals surface area contributed by atoms with E-state index in [4.69, 9.17) is 11.6 Å². The van der Waals surface area contributed by atoms with Gasteiger partial charge in [-0.3, -0.25) is 9.59 Å². The Morgan fingerprint density at radius 3 is 2.38 bits per heavy atom. The molecule has 0 spiro atoms. The van der Waals surface area contributed by atoms with E-state index in [-0.39, 0.29) is 18.4 Å². The predicted octanol–water partition coefficient (Wildman–Crippen LogP) is 2.85. The largest absolute Gasteiger partial charge is 0.350 e. The first-order valence-corrected chi connectivity index (χ1v) is 7.53. The van der Waals surface area contributed by atoms with Crippen LogP contribution in [0.5, 0.6) is 0 Å². The number of hydrogen-bond acceptors (Lipinski definition) is 2. The smallest absolute Gasteiger partial charge is 0.239 e. The molecule has 1 rings (SSSR count). The van der Waals surface area contributed by atoms with Gasteiger partial charge in [0.25, 0.3) is 0 Å². The second-order valence-corrected chi connectivity index (χ2v) is 5.96. The van der Waals surface area contributed by atoms with Crippen molar-refractivity contribution in [1.82, 2.24) is 10.2 Å². The van der Waals surface area contributed by atoms with Crippen LogP contribution in [0, 0.1) is 5.92 Å². The number of carbonyl (C=O) groups is 2. The number of hydrogen-bond donors (Lipinski definition) is 1. The number of nitrogens with one attached hydrogen (secondary N) is 1. The summed E-state index contributed by atoms with van der Waals surface area (Å²) in [4.78, 5) is 25.0. The number of nitrogens with zero attached hydrogens (tertiary/aromatic N) is 1. The van der Waals surface area contributed by atoms with E-state index in [1.165, 1.54) is 6.92 Å². The van der Waals surface area contributed by atoms with Gasteiger partial charge in [-0.05, 0) is 30.0 Å². The molecular weight excluding hydrogens is 288 g/mol. The lowest BCUT2D eigenvalue weighted by Crippen LogP contribution is -2.40. The summed E-state index contributed by atoms with van der Waals surface area (Å²) in [5, 5.41) is 3.48. The van der Waals surface area contributed by atoms with Crippen molar-refractivity contribution in [2.24, 2.45) is 5.92 Å². The van der Waals surface area contributed by atoms with E-state index in [9.17, 15) is 9.59 Å². The Morgan fingerprint density at radius 1 is 1.24 bits per heavy atom. The molecule has 0 unspecified atom stereocenters. The average molecular weight is 311 g/mol. The van der Waals surface area contributed by atoms with Crippen LogP contribution >= 0.6 is 11.6 Å². The second-order valence-electron chi connectivity index (χ2n) is 5.53. The summed E-state index contributed by atoms with van der Waals surface area (Å²) in [5.41, 5.74) is 0.976. The van der Waals surface area contributed by atoms with Crippen LogP contribution in [-0.4, -0.2) is 29.8 Å². The summed E-state index contributed by atoms with van der Waals surface area (Å²) in [7, 11) is 0. The van der Waals surface area contributed by atoms with E-state index >= 15 is 0 Å². The van der Waals surface area contributed by atoms with Crippen LogP contribution in [0.1, 0.15) is 32.8 Å². The molecule has 116 valence electrons. The Hall–Kier alpha value is -1.55. The Morgan fingerprint density at radius 2 is 1.86 bits per heavy atom.